The Bertz CT molecular complexity index is 1090. The molecule has 34 heavy (non-hydrogen) atoms. The van der Waals surface area contributed by atoms with Crippen LogP contribution in [0.2, 0.25) is 0 Å². The van der Waals surface area contributed by atoms with Crippen molar-refractivity contribution in [2.24, 2.45) is 0 Å². The number of benzene rings is 3. The van der Waals surface area contributed by atoms with Crippen LogP contribution in [0.4, 0.5) is 0 Å². The van der Waals surface area contributed by atoms with Crippen LogP contribution in [0.5, 0.6) is 5.75 Å². The van der Waals surface area contributed by atoms with Crippen molar-refractivity contribution >= 4 is 17.8 Å². The van der Waals surface area contributed by atoms with Gasteiger partial charge in [0.25, 0.3) is 5.91 Å². The summed E-state index contributed by atoms with van der Waals surface area (Å²) in [6.45, 7) is 0. The van der Waals surface area contributed by atoms with E-state index in [1.807, 2.05) is 36.4 Å². The van der Waals surface area contributed by atoms with E-state index in [0.29, 0.717) is 12.0 Å². The summed E-state index contributed by atoms with van der Waals surface area (Å²) < 4.78 is 4.80. The Morgan fingerprint density at radius 3 is 2.00 bits per heavy atom. The first-order chi connectivity index (χ1) is 16.4. The number of methoxy groups -OCH3 is 1. The quantitative estimate of drug-likeness (QED) is 0.404. The summed E-state index contributed by atoms with van der Waals surface area (Å²) in [5.41, 5.74) is 2.17. The van der Waals surface area contributed by atoms with Crippen LogP contribution in [0.3, 0.4) is 0 Å². The minimum Gasteiger partial charge on any atom is -0.508 e. The molecule has 2 amide bonds. The number of hydrogen-bond acceptors (Lipinski definition) is 5. The number of phenols is 1. The highest BCUT2D eigenvalue weighted by molar-refractivity contribution is 5.97. The molecule has 3 N–H and O–H groups in total. The summed E-state index contributed by atoms with van der Waals surface area (Å²) in [6, 6.07) is 23.2. The number of carbonyl (C=O) groups excluding carboxylic acids is 3. The number of ether oxygens (including phenoxy) is 1. The van der Waals surface area contributed by atoms with Gasteiger partial charge in [0.1, 0.15) is 11.8 Å². The van der Waals surface area contributed by atoms with Gasteiger partial charge in [0, 0.05) is 18.0 Å². The summed E-state index contributed by atoms with van der Waals surface area (Å²) in [5.74, 6) is -1.10. The van der Waals surface area contributed by atoms with E-state index in [1.165, 1.54) is 7.11 Å². The maximum Gasteiger partial charge on any atom is 0.307 e. The van der Waals surface area contributed by atoms with Gasteiger partial charge in [-0.1, -0.05) is 60.7 Å². The van der Waals surface area contributed by atoms with E-state index >= 15 is 0 Å². The standard InChI is InChI=1S/C27H28N2O5/c1-34-25(31)18-22(16-20-12-14-23(30)15-13-20)28-27(33)24(17-19-8-4-2-5-9-19)29-26(32)21-10-6-3-7-11-21/h2-15,22,24,30H,16-18H2,1H3,(H,28,33)(H,29,32)/t22-,24-/m0/s1. The second kappa shape index (κ2) is 12.2. The third kappa shape index (κ3) is 7.48. The number of esters is 1. The molecule has 0 radical (unpaired) electrons. The van der Waals surface area contributed by atoms with Crippen molar-refractivity contribution in [3.63, 3.8) is 0 Å². The molecule has 0 saturated heterocycles. The van der Waals surface area contributed by atoms with Gasteiger partial charge in [-0.15, -0.1) is 0 Å². The van der Waals surface area contributed by atoms with E-state index in [4.69, 9.17) is 4.74 Å². The molecule has 2 atom stereocenters. The normalized spacial score (nSPS) is 12.3. The lowest BCUT2D eigenvalue weighted by Crippen LogP contribution is -2.51. The SMILES string of the molecule is COC(=O)C[C@H](Cc1ccc(O)cc1)NC(=O)[C@H](Cc1ccccc1)NC(=O)c1ccccc1. The van der Waals surface area contributed by atoms with Crippen molar-refractivity contribution < 1.29 is 24.2 Å². The fourth-order valence-corrected chi connectivity index (χ4v) is 3.57. The molecule has 3 aromatic carbocycles. The highest BCUT2D eigenvalue weighted by atomic mass is 16.5. The largest absolute Gasteiger partial charge is 0.508 e. The molecule has 0 saturated carbocycles. The lowest BCUT2D eigenvalue weighted by molar-refractivity contribution is -0.141. The van der Waals surface area contributed by atoms with E-state index in [2.05, 4.69) is 10.6 Å². The second-order valence-corrected chi connectivity index (χ2v) is 7.94. The second-order valence-electron chi connectivity index (χ2n) is 7.94. The van der Waals surface area contributed by atoms with Crippen LogP contribution in [-0.4, -0.2) is 42.1 Å². The number of phenolic OH excluding ortho intramolecular Hbond substituents is 1. The van der Waals surface area contributed by atoms with E-state index in [-0.39, 0.29) is 24.5 Å². The molecular formula is C27H28N2O5. The van der Waals surface area contributed by atoms with E-state index in [1.54, 1.807) is 48.5 Å². The van der Waals surface area contributed by atoms with Crippen molar-refractivity contribution in [2.75, 3.05) is 7.11 Å². The fourth-order valence-electron chi connectivity index (χ4n) is 3.57. The van der Waals surface area contributed by atoms with Crippen molar-refractivity contribution in [3.05, 3.63) is 102 Å². The summed E-state index contributed by atoms with van der Waals surface area (Å²) in [4.78, 5) is 38.1. The molecule has 3 rings (SSSR count). The van der Waals surface area contributed by atoms with Crippen molar-refractivity contribution in [1.82, 2.24) is 10.6 Å². The Morgan fingerprint density at radius 1 is 0.794 bits per heavy atom. The number of amides is 2. The zero-order chi connectivity index (χ0) is 24.3. The Balaban J connectivity index is 1.78. The van der Waals surface area contributed by atoms with E-state index < -0.39 is 24.0 Å². The smallest absolute Gasteiger partial charge is 0.307 e. The predicted octanol–water partition coefficient (Wildman–Crippen LogP) is 3.02. The lowest BCUT2D eigenvalue weighted by Gasteiger charge is -2.23. The molecule has 0 aliphatic carbocycles. The monoisotopic (exact) mass is 460 g/mol. The number of rotatable bonds is 10. The Hall–Kier alpha value is -4.13. The molecule has 0 aromatic heterocycles. The average molecular weight is 461 g/mol. The zero-order valence-corrected chi connectivity index (χ0v) is 18.9. The first-order valence-corrected chi connectivity index (χ1v) is 11.0. The third-order valence-electron chi connectivity index (χ3n) is 5.35. The van der Waals surface area contributed by atoms with Crippen LogP contribution in [0.15, 0.2) is 84.9 Å². The molecule has 0 aliphatic rings. The van der Waals surface area contributed by atoms with Gasteiger partial charge in [0.2, 0.25) is 5.91 Å². The molecule has 176 valence electrons. The van der Waals surface area contributed by atoms with Crippen LogP contribution in [0.1, 0.15) is 27.9 Å². The number of nitrogens with one attached hydrogen (secondary N) is 2. The molecule has 7 heteroatoms. The van der Waals surface area contributed by atoms with Gasteiger partial charge in [-0.2, -0.15) is 0 Å². The predicted molar refractivity (Wildman–Crippen MR) is 128 cm³/mol. The lowest BCUT2D eigenvalue weighted by atomic mass is 10.0. The van der Waals surface area contributed by atoms with Gasteiger partial charge < -0.3 is 20.5 Å². The molecule has 0 unspecified atom stereocenters. The molecule has 0 bridgehead atoms. The fraction of sp³-hybridized carbons (Fsp3) is 0.222. The molecular weight excluding hydrogens is 432 g/mol. The first-order valence-electron chi connectivity index (χ1n) is 11.0. The molecule has 0 aliphatic heterocycles. The van der Waals surface area contributed by atoms with Gasteiger partial charge in [-0.05, 0) is 41.8 Å². The van der Waals surface area contributed by atoms with Crippen molar-refractivity contribution in [1.29, 1.82) is 0 Å². The summed E-state index contributed by atoms with van der Waals surface area (Å²) in [6.07, 6.45) is 0.606. The van der Waals surface area contributed by atoms with Crippen LogP contribution < -0.4 is 10.6 Å². The minimum absolute atomic E-state index is 0.0339. The number of carbonyl (C=O) groups is 3. The molecule has 3 aromatic rings. The Labute approximate surface area is 198 Å². The molecule has 7 nitrogen and oxygen atoms in total. The van der Waals surface area contributed by atoms with E-state index in [9.17, 15) is 19.5 Å². The minimum atomic E-state index is -0.852. The van der Waals surface area contributed by atoms with Gasteiger partial charge in [-0.3, -0.25) is 14.4 Å². The number of aromatic hydroxyl groups is 1. The van der Waals surface area contributed by atoms with Crippen LogP contribution in [0, 0.1) is 0 Å². The van der Waals surface area contributed by atoms with Crippen LogP contribution in [0.25, 0.3) is 0 Å². The van der Waals surface area contributed by atoms with Crippen LogP contribution in [-0.2, 0) is 27.2 Å². The van der Waals surface area contributed by atoms with Crippen molar-refractivity contribution in [2.45, 2.75) is 31.3 Å². The van der Waals surface area contributed by atoms with Gasteiger partial charge in [0.05, 0.1) is 13.5 Å². The third-order valence-corrected chi connectivity index (χ3v) is 5.35. The first kappa shape index (κ1) is 24.5. The van der Waals surface area contributed by atoms with Gasteiger partial charge >= 0.3 is 5.97 Å². The van der Waals surface area contributed by atoms with Crippen molar-refractivity contribution in [3.8, 4) is 5.75 Å². The summed E-state index contributed by atoms with van der Waals surface area (Å²) in [5, 5.41) is 15.3. The Kier molecular flexibility index (Phi) is 8.80. The summed E-state index contributed by atoms with van der Waals surface area (Å²) >= 11 is 0. The van der Waals surface area contributed by atoms with Gasteiger partial charge in [0.15, 0.2) is 0 Å². The highest BCUT2D eigenvalue weighted by Gasteiger charge is 2.26. The maximum atomic E-state index is 13.3. The molecule has 0 fully saturated rings. The van der Waals surface area contributed by atoms with Crippen LogP contribution >= 0.6 is 0 Å². The average Bonchev–Trinajstić information content (AvgIpc) is 2.86. The van der Waals surface area contributed by atoms with E-state index in [0.717, 1.165) is 11.1 Å². The van der Waals surface area contributed by atoms with Gasteiger partial charge in [-0.25, -0.2) is 0 Å². The highest BCUT2D eigenvalue weighted by Crippen LogP contribution is 2.13. The zero-order valence-electron chi connectivity index (χ0n) is 18.9. The topological polar surface area (TPSA) is 105 Å². The number of hydrogen-bond donors (Lipinski definition) is 3. The Morgan fingerprint density at radius 2 is 1.38 bits per heavy atom. The summed E-state index contributed by atoms with van der Waals surface area (Å²) in [7, 11) is 1.29. The molecule has 0 heterocycles. The molecule has 0 spiro atoms. The maximum absolute atomic E-state index is 13.3.